The van der Waals surface area contributed by atoms with Crippen LogP contribution in [0, 0.1) is 11.3 Å². The maximum absolute atomic E-state index is 11.2. The van der Waals surface area contributed by atoms with E-state index in [4.69, 9.17) is 14.4 Å². The molecule has 0 N–H and O–H groups in total. The summed E-state index contributed by atoms with van der Waals surface area (Å²) in [7, 11) is 0. The zero-order chi connectivity index (χ0) is 14.4. The predicted octanol–water partition coefficient (Wildman–Crippen LogP) is 3.39. The molecule has 2 aromatic rings. The van der Waals surface area contributed by atoms with Gasteiger partial charge in [0.2, 0.25) is 0 Å². The third kappa shape index (κ3) is 3.15. The summed E-state index contributed by atoms with van der Waals surface area (Å²) in [5, 5.41) is 9.05. The van der Waals surface area contributed by atoms with E-state index in [0.717, 1.165) is 5.56 Å². The van der Waals surface area contributed by atoms with Crippen LogP contribution in [0.3, 0.4) is 0 Å². The third-order valence-electron chi connectivity index (χ3n) is 2.61. The van der Waals surface area contributed by atoms with Crippen LogP contribution in [0.5, 0.6) is 0 Å². The lowest BCUT2D eigenvalue weighted by Gasteiger charge is -1.98. The van der Waals surface area contributed by atoms with Crippen molar-refractivity contribution < 1.29 is 13.9 Å². The molecule has 1 aromatic carbocycles. The first-order valence-corrected chi connectivity index (χ1v) is 6.18. The Kier molecular flexibility index (Phi) is 4.35. The Morgan fingerprint density at radius 3 is 2.90 bits per heavy atom. The molecule has 4 heteroatoms. The van der Waals surface area contributed by atoms with E-state index in [9.17, 15) is 4.79 Å². The topological polar surface area (TPSA) is 63.2 Å². The van der Waals surface area contributed by atoms with Crippen molar-refractivity contribution in [3.05, 3.63) is 53.8 Å². The van der Waals surface area contributed by atoms with Crippen LogP contribution in [0.15, 0.2) is 46.9 Å². The van der Waals surface area contributed by atoms with Gasteiger partial charge in [-0.15, -0.1) is 0 Å². The molecule has 0 radical (unpaired) electrons. The van der Waals surface area contributed by atoms with Crippen molar-refractivity contribution >= 4 is 12.0 Å². The van der Waals surface area contributed by atoms with Crippen molar-refractivity contribution in [3.63, 3.8) is 0 Å². The van der Waals surface area contributed by atoms with Gasteiger partial charge in [-0.1, -0.05) is 12.1 Å². The lowest BCUT2D eigenvalue weighted by molar-refractivity contribution is -0.137. The van der Waals surface area contributed by atoms with E-state index in [2.05, 4.69) is 6.07 Å². The van der Waals surface area contributed by atoms with Gasteiger partial charge in [0.1, 0.15) is 11.5 Å². The summed E-state index contributed by atoms with van der Waals surface area (Å²) >= 11 is 0. The van der Waals surface area contributed by atoms with E-state index in [-0.39, 0.29) is 0 Å². The average molecular weight is 267 g/mol. The highest BCUT2D eigenvalue weighted by Crippen LogP contribution is 2.25. The summed E-state index contributed by atoms with van der Waals surface area (Å²) in [6, 6.07) is 12.8. The minimum atomic E-state index is -0.414. The van der Waals surface area contributed by atoms with Crippen LogP contribution in [-0.4, -0.2) is 12.6 Å². The largest absolute Gasteiger partial charge is 0.463 e. The normalized spacial score (nSPS) is 10.4. The number of carbonyl (C=O) groups excluding carboxylic acids is 1. The Morgan fingerprint density at radius 1 is 1.35 bits per heavy atom. The molecule has 20 heavy (non-hydrogen) atoms. The minimum absolute atomic E-state index is 0.335. The van der Waals surface area contributed by atoms with E-state index >= 15 is 0 Å². The van der Waals surface area contributed by atoms with E-state index in [0.29, 0.717) is 23.7 Å². The molecule has 0 amide bonds. The molecule has 0 aliphatic heterocycles. The lowest BCUT2D eigenvalue weighted by atomic mass is 10.1. The molecule has 0 aliphatic carbocycles. The summed E-state index contributed by atoms with van der Waals surface area (Å²) in [5.74, 6) is 0.703. The van der Waals surface area contributed by atoms with Gasteiger partial charge in [0.25, 0.3) is 0 Å². The van der Waals surface area contributed by atoms with Gasteiger partial charge < -0.3 is 9.15 Å². The summed E-state index contributed by atoms with van der Waals surface area (Å²) in [6.07, 6.45) is 2.85. The number of esters is 1. The monoisotopic (exact) mass is 267 g/mol. The minimum Gasteiger partial charge on any atom is -0.463 e. The molecule has 0 aliphatic rings. The maximum Gasteiger partial charge on any atom is 0.330 e. The smallest absolute Gasteiger partial charge is 0.330 e. The first-order chi connectivity index (χ1) is 9.74. The highest BCUT2D eigenvalue weighted by molar-refractivity contribution is 5.86. The van der Waals surface area contributed by atoms with Crippen LogP contribution in [0.4, 0.5) is 0 Å². The van der Waals surface area contributed by atoms with Crippen LogP contribution >= 0.6 is 0 Å². The lowest BCUT2D eigenvalue weighted by Crippen LogP contribution is -1.98. The first kappa shape index (κ1) is 13.6. The molecule has 0 unspecified atom stereocenters. The second kappa shape index (κ2) is 6.39. The number of hydrogen-bond acceptors (Lipinski definition) is 4. The molecule has 0 bridgehead atoms. The van der Waals surface area contributed by atoms with E-state index in [1.165, 1.54) is 12.2 Å². The molecule has 0 spiro atoms. The van der Waals surface area contributed by atoms with E-state index in [1.54, 1.807) is 31.2 Å². The molecule has 4 nitrogen and oxygen atoms in total. The second-order valence-electron chi connectivity index (χ2n) is 3.94. The Morgan fingerprint density at radius 2 is 2.15 bits per heavy atom. The zero-order valence-corrected chi connectivity index (χ0v) is 11.0. The Balaban J connectivity index is 2.21. The van der Waals surface area contributed by atoms with Gasteiger partial charge in [-0.3, -0.25) is 0 Å². The second-order valence-corrected chi connectivity index (χ2v) is 3.94. The summed E-state index contributed by atoms with van der Waals surface area (Å²) in [4.78, 5) is 11.2. The molecule has 0 saturated carbocycles. The van der Waals surface area contributed by atoms with Gasteiger partial charge in [0.05, 0.1) is 18.2 Å². The fraction of sp³-hybridized carbons (Fsp3) is 0.125. The SMILES string of the molecule is CCOC(=O)/C=C/c1ccc(-c2ccccc2C#N)o1. The third-order valence-corrected chi connectivity index (χ3v) is 2.61. The van der Waals surface area contributed by atoms with Crippen LogP contribution < -0.4 is 0 Å². The summed E-state index contributed by atoms with van der Waals surface area (Å²) in [6.45, 7) is 2.08. The average Bonchev–Trinajstić information content (AvgIpc) is 2.94. The standard InChI is InChI=1S/C16H13NO3/c1-2-19-16(18)10-8-13-7-9-15(20-13)14-6-4-3-5-12(14)11-17/h3-10H,2H2,1H3/b10-8+. The molecule has 1 heterocycles. The van der Waals surface area contributed by atoms with Gasteiger partial charge in [0.15, 0.2) is 0 Å². The highest BCUT2D eigenvalue weighted by Gasteiger charge is 2.08. The van der Waals surface area contributed by atoms with Gasteiger partial charge in [-0.05, 0) is 37.3 Å². The van der Waals surface area contributed by atoms with Crippen molar-refractivity contribution in [1.82, 2.24) is 0 Å². The fourth-order valence-electron chi connectivity index (χ4n) is 1.72. The number of furan rings is 1. The quantitative estimate of drug-likeness (QED) is 0.629. The molecule has 0 fully saturated rings. The Hall–Kier alpha value is -2.80. The molecular weight excluding hydrogens is 254 g/mol. The molecular formula is C16H13NO3. The van der Waals surface area contributed by atoms with Crippen LogP contribution in [-0.2, 0) is 9.53 Å². The number of benzene rings is 1. The summed E-state index contributed by atoms with van der Waals surface area (Å²) < 4.78 is 10.4. The van der Waals surface area contributed by atoms with Crippen molar-refractivity contribution in [2.45, 2.75) is 6.92 Å². The number of ether oxygens (including phenoxy) is 1. The van der Waals surface area contributed by atoms with Crippen LogP contribution in [0.25, 0.3) is 17.4 Å². The van der Waals surface area contributed by atoms with Gasteiger partial charge in [-0.2, -0.15) is 5.26 Å². The fourth-order valence-corrected chi connectivity index (χ4v) is 1.72. The van der Waals surface area contributed by atoms with E-state index < -0.39 is 5.97 Å². The first-order valence-electron chi connectivity index (χ1n) is 6.18. The van der Waals surface area contributed by atoms with Crippen molar-refractivity contribution in [2.24, 2.45) is 0 Å². The number of hydrogen-bond donors (Lipinski definition) is 0. The van der Waals surface area contributed by atoms with Crippen LogP contribution in [0.2, 0.25) is 0 Å². The van der Waals surface area contributed by atoms with Gasteiger partial charge in [0, 0.05) is 11.6 Å². The van der Waals surface area contributed by atoms with Gasteiger partial charge in [-0.25, -0.2) is 4.79 Å². The Labute approximate surface area is 116 Å². The maximum atomic E-state index is 11.2. The molecule has 2 rings (SSSR count). The zero-order valence-electron chi connectivity index (χ0n) is 11.0. The predicted molar refractivity (Wildman–Crippen MR) is 74.5 cm³/mol. The Bertz CT molecular complexity index is 677. The van der Waals surface area contributed by atoms with Crippen molar-refractivity contribution in [1.29, 1.82) is 5.26 Å². The van der Waals surface area contributed by atoms with Crippen molar-refractivity contribution in [3.8, 4) is 17.4 Å². The molecule has 0 saturated heterocycles. The number of rotatable bonds is 4. The van der Waals surface area contributed by atoms with Gasteiger partial charge >= 0.3 is 5.97 Å². The molecule has 0 atom stereocenters. The molecule has 100 valence electrons. The van der Waals surface area contributed by atoms with Crippen molar-refractivity contribution in [2.75, 3.05) is 6.61 Å². The number of carbonyl (C=O) groups is 1. The number of nitriles is 1. The number of nitrogens with zero attached hydrogens (tertiary/aromatic N) is 1. The highest BCUT2D eigenvalue weighted by atomic mass is 16.5. The summed E-state index contributed by atoms with van der Waals surface area (Å²) in [5.41, 5.74) is 1.27. The molecule has 1 aromatic heterocycles. The van der Waals surface area contributed by atoms with Crippen LogP contribution in [0.1, 0.15) is 18.2 Å². The van der Waals surface area contributed by atoms with E-state index in [1.807, 2.05) is 12.1 Å².